The van der Waals surface area contributed by atoms with E-state index in [2.05, 4.69) is 21.2 Å². The summed E-state index contributed by atoms with van der Waals surface area (Å²) in [4.78, 5) is 0.806. The van der Waals surface area contributed by atoms with Crippen LogP contribution in [0.5, 0.6) is 0 Å². The molecule has 1 N–H and O–H groups in total. The van der Waals surface area contributed by atoms with Gasteiger partial charge in [0.15, 0.2) is 0 Å². The Balaban J connectivity index is 2.14. The summed E-state index contributed by atoms with van der Waals surface area (Å²) >= 11 is 3.71. The zero-order valence-corrected chi connectivity index (χ0v) is 8.15. The van der Waals surface area contributed by atoms with Crippen molar-refractivity contribution in [3.8, 4) is 0 Å². The largest absolute Gasteiger partial charge is 0.320 e. The molecular weight excluding hydrogens is 190 g/mol. The molecule has 0 aromatic rings. The molecule has 0 aliphatic heterocycles. The number of nitrogens with one attached hydrogen (secondary N) is 1. The third kappa shape index (κ3) is 2.24. The van der Waals surface area contributed by atoms with Crippen molar-refractivity contribution in [2.75, 3.05) is 13.6 Å². The Bertz CT molecular complexity index is 95.3. The zero-order valence-electron chi connectivity index (χ0n) is 6.57. The second-order valence-corrected chi connectivity index (χ2v) is 4.28. The molecule has 2 unspecified atom stereocenters. The van der Waals surface area contributed by atoms with Gasteiger partial charge in [-0.2, -0.15) is 0 Å². The minimum atomic E-state index is 0.806. The maximum absolute atomic E-state index is 3.71. The lowest BCUT2D eigenvalue weighted by molar-refractivity contribution is 0.504. The molecule has 0 spiro atoms. The summed E-state index contributed by atoms with van der Waals surface area (Å²) in [6.45, 7) is 1.17. The van der Waals surface area contributed by atoms with Crippen molar-refractivity contribution in [1.29, 1.82) is 0 Å². The van der Waals surface area contributed by atoms with Gasteiger partial charge in [0.2, 0.25) is 0 Å². The van der Waals surface area contributed by atoms with Gasteiger partial charge in [0.05, 0.1) is 0 Å². The topological polar surface area (TPSA) is 12.0 Å². The van der Waals surface area contributed by atoms with Crippen LogP contribution < -0.4 is 5.32 Å². The fraction of sp³-hybridized carbons (Fsp3) is 1.00. The molecule has 10 heavy (non-hydrogen) atoms. The van der Waals surface area contributed by atoms with Gasteiger partial charge in [0.25, 0.3) is 0 Å². The zero-order chi connectivity index (χ0) is 7.40. The SMILES string of the molecule is CNCCC1CCCC1Br. The normalized spacial score (nSPS) is 33.0. The first kappa shape index (κ1) is 8.54. The molecule has 1 aliphatic carbocycles. The van der Waals surface area contributed by atoms with Crippen molar-refractivity contribution < 1.29 is 0 Å². The van der Waals surface area contributed by atoms with Crippen LogP contribution in [0.25, 0.3) is 0 Å². The summed E-state index contributed by atoms with van der Waals surface area (Å²) in [6.07, 6.45) is 5.57. The molecule has 0 aromatic heterocycles. The molecule has 0 heterocycles. The van der Waals surface area contributed by atoms with Crippen LogP contribution in [0.4, 0.5) is 0 Å². The summed E-state index contributed by atoms with van der Waals surface area (Å²) in [5.41, 5.74) is 0. The molecule has 0 amide bonds. The van der Waals surface area contributed by atoms with Crippen LogP contribution in [-0.2, 0) is 0 Å². The summed E-state index contributed by atoms with van der Waals surface area (Å²) in [7, 11) is 2.03. The van der Waals surface area contributed by atoms with Crippen LogP contribution >= 0.6 is 15.9 Å². The van der Waals surface area contributed by atoms with Crippen LogP contribution in [0.3, 0.4) is 0 Å². The Morgan fingerprint density at radius 3 is 2.80 bits per heavy atom. The average molecular weight is 206 g/mol. The predicted octanol–water partition coefficient (Wildman–Crippen LogP) is 2.16. The number of halogens is 1. The summed E-state index contributed by atoms with van der Waals surface area (Å²) in [5, 5.41) is 3.19. The van der Waals surface area contributed by atoms with E-state index < -0.39 is 0 Å². The van der Waals surface area contributed by atoms with Crippen molar-refractivity contribution in [2.45, 2.75) is 30.5 Å². The van der Waals surface area contributed by atoms with Crippen molar-refractivity contribution >= 4 is 15.9 Å². The highest BCUT2D eigenvalue weighted by atomic mass is 79.9. The van der Waals surface area contributed by atoms with E-state index >= 15 is 0 Å². The fourth-order valence-electron chi connectivity index (χ4n) is 1.65. The lowest BCUT2D eigenvalue weighted by Crippen LogP contribution is -2.15. The Labute approximate surface area is 71.7 Å². The molecule has 1 saturated carbocycles. The van der Waals surface area contributed by atoms with Crippen molar-refractivity contribution in [2.24, 2.45) is 5.92 Å². The standard InChI is InChI=1S/C8H16BrN/c1-10-6-5-7-3-2-4-8(7)9/h7-8,10H,2-6H2,1H3. The number of rotatable bonds is 3. The molecule has 0 radical (unpaired) electrons. The lowest BCUT2D eigenvalue weighted by atomic mass is 10.0. The molecule has 1 fully saturated rings. The second kappa shape index (κ2) is 4.35. The first-order valence-corrected chi connectivity index (χ1v) is 5.05. The molecule has 2 heteroatoms. The van der Waals surface area contributed by atoms with Gasteiger partial charge in [-0.3, -0.25) is 0 Å². The molecule has 1 nitrogen and oxygen atoms in total. The van der Waals surface area contributed by atoms with E-state index in [1.165, 1.54) is 32.2 Å². The van der Waals surface area contributed by atoms with Crippen LogP contribution in [0.15, 0.2) is 0 Å². The van der Waals surface area contributed by atoms with E-state index in [1.807, 2.05) is 7.05 Å². The van der Waals surface area contributed by atoms with E-state index in [9.17, 15) is 0 Å². The van der Waals surface area contributed by atoms with Crippen molar-refractivity contribution in [1.82, 2.24) is 5.32 Å². The van der Waals surface area contributed by atoms with Crippen molar-refractivity contribution in [3.05, 3.63) is 0 Å². The quantitative estimate of drug-likeness (QED) is 0.697. The molecule has 2 atom stereocenters. The van der Waals surface area contributed by atoms with Gasteiger partial charge >= 0.3 is 0 Å². The second-order valence-electron chi connectivity index (χ2n) is 3.10. The predicted molar refractivity (Wildman–Crippen MR) is 48.6 cm³/mol. The van der Waals surface area contributed by atoms with Crippen molar-refractivity contribution in [3.63, 3.8) is 0 Å². The molecule has 0 bridgehead atoms. The molecule has 60 valence electrons. The summed E-state index contributed by atoms with van der Waals surface area (Å²) < 4.78 is 0. The Kier molecular flexibility index (Phi) is 3.71. The summed E-state index contributed by atoms with van der Waals surface area (Å²) in [5.74, 6) is 0.937. The molecule has 0 saturated heterocycles. The highest BCUT2D eigenvalue weighted by molar-refractivity contribution is 9.09. The minimum absolute atomic E-state index is 0.806. The van der Waals surface area contributed by atoms with E-state index in [1.54, 1.807) is 0 Å². The highest BCUT2D eigenvalue weighted by Crippen LogP contribution is 2.33. The Morgan fingerprint density at radius 2 is 2.30 bits per heavy atom. The average Bonchev–Trinajstić information content (AvgIpc) is 2.31. The van der Waals surface area contributed by atoms with Gasteiger partial charge in [0.1, 0.15) is 0 Å². The molecule has 1 rings (SSSR count). The Hall–Kier alpha value is 0.440. The smallest absolute Gasteiger partial charge is 0.0174 e. The van der Waals surface area contributed by atoms with Gasteiger partial charge < -0.3 is 5.32 Å². The third-order valence-electron chi connectivity index (χ3n) is 2.33. The van der Waals surface area contributed by atoms with Gasteiger partial charge in [-0.05, 0) is 38.8 Å². The molecule has 0 aromatic carbocycles. The maximum atomic E-state index is 3.71. The van der Waals surface area contributed by atoms with E-state index in [0.29, 0.717) is 0 Å². The lowest BCUT2D eigenvalue weighted by Gasteiger charge is -2.12. The van der Waals surface area contributed by atoms with Crippen LogP contribution in [0.2, 0.25) is 0 Å². The van der Waals surface area contributed by atoms with Gasteiger partial charge in [-0.1, -0.05) is 22.4 Å². The van der Waals surface area contributed by atoms with Crippen LogP contribution in [-0.4, -0.2) is 18.4 Å². The van der Waals surface area contributed by atoms with Gasteiger partial charge in [-0.25, -0.2) is 0 Å². The third-order valence-corrected chi connectivity index (χ3v) is 3.54. The number of hydrogen-bond donors (Lipinski definition) is 1. The maximum Gasteiger partial charge on any atom is 0.0174 e. The van der Waals surface area contributed by atoms with E-state index in [0.717, 1.165) is 10.7 Å². The Morgan fingerprint density at radius 1 is 1.50 bits per heavy atom. The monoisotopic (exact) mass is 205 g/mol. The highest BCUT2D eigenvalue weighted by Gasteiger charge is 2.23. The van der Waals surface area contributed by atoms with E-state index in [4.69, 9.17) is 0 Å². The first-order chi connectivity index (χ1) is 4.84. The van der Waals surface area contributed by atoms with Crippen LogP contribution in [0, 0.1) is 5.92 Å². The first-order valence-electron chi connectivity index (χ1n) is 4.13. The van der Waals surface area contributed by atoms with E-state index in [-0.39, 0.29) is 0 Å². The van der Waals surface area contributed by atoms with Crippen LogP contribution in [0.1, 0.15) is 25.7 Å². The number of hydrogen-bond acceptors (Lipinski definition) is 1. The van der Waals surface area contributed by atoms with Gasteiger partial charge in [-0.15, -0.1) is 0 Å². The van der Waals surface area contributed by atoms with Gasteiger partial charge in [0, 0.05) is 4.83 Å². The molecule has 1 aliphatic rings. The summed E-state index contributed by atoms with van der Waals surface area (Å²) in [6, 6.07) is 0. The minimum Gasteiger partial charge on any atom is -0.320 e. The fourth-order valence-corrected chi connectivity index (χ4v) is 2.50. The number of alkyl halides is 1. The molecular formula is C8H16BrN.